The predicted octanol–water partition coefficient (Wildman–Crippen LogP) is 5.74. The number of hydrogen-bond donors (Lipinski definition) is 0. The van der Waals surface area contributed by atoms with E-state index in [1.807, 2.05) is 13.8 Å². The zero-order valence-corrected chi connectivity index (χ0v) is 17.5. The summed E-state index contributed by atoms with van der Waals surface area (Å²) in [6.45, 7) is 3.76. The van der Waals surface area contributed by atoms with Crippen molar-refractivity contribution >= 4 is 53.5 Å². The number of benzene rings is 2. The van der Waals surface area contributed by atoms with E-state index in [9.17, 15) is 13.2 Å². The highest BCUT2D eigenvalue weighted by Crippen LogP contribution is 2.50. The first-order valence-corrected chi connectivity index (χ1v) is 9.71. The Labute approximate surface area is 181 Å². The zero-order valence-electron chi connectivity index (χ0n) is 15.2. The topological polar surface area (TPSA) is 30.8 Å². The molecule has 2 aliphatic rings. The van der Waals surface area contributed by atoms with Crippen LogP contribution in [0.1, 0.15) is 37.0 Å². The molecule has 0 amide bonds. The lowest BCUT2D eigenvalue weighted by molar-refractivity contribution is -0.275. The molecule has 0 aliphatic carbocycles. The zero-order chi connectivity index (χ0) is 21.2. The number of alkyl halides is 3. The predicted molar refractivity (Wildman–Crippen MR) is 107 cm³/mol. The molecule has 0 bridgehead atoms. The summed E-state index contributed by atoms with van der Waals surface area (Å²) in [6, 6.07) is 7.46. The van der Waals surface area contributed by atoms with Crippen molar-refractivity contribution in [3.05, 3.63) is 62.1 Å². The SMILES string of the molecule is CC1(C)O[B]c2ccc(C3=NO[C@](c4cc(Cl)c(Cl)c(Cl)c4)(C(F)(F)F)C3)cc21. The maximum Gasteiger partial charge on any atom is 0.435 e. The minimum atomic E-state index is -4.77. The molecule has 2 aromatic carbocycles. The summed E-state index contributed by atoms with van der Waals surface area (Å²) in [5.41, 5.74) is -1.14. The minimum absolute atomic E-state index is 0.0225. The van der Waals surface area contributed by atoms with Crippen LogP contribution in [0.4, 0.5) is 13.2 Å². The summed E-state index contributed by atoms with van der Waals surface area (Å²) in [5.74, 6) is 0. The fraction of sp³-hybridized carbons (Fsp3) is 0.316. The third-order valence-corrected chi connectivity index (χ3v) is 6.35. The van der Waals surface area contributed by atoms with Crippen LogP contribution < -0.4 is 5.46 Å². The van der Waals surface area contributed by atoms with Gasteiger partial charge in [-0.25, -0.2) is 0 Å². The van der Waals surface area contributed by atoms with Gasteiger partial charge in [0.1, 0.15) is 0 Å². The third-order valence-electron chi connectivity index (χ3n) is 5.15. The Balaban J connectivity index is 1.75. The molecular weight excluding hydrogens is 448 g/mol. The largest absolute Gasteiger partial charge is 0.435 e. The summed E-state index contributed by atoms with van der Waals surface area (Å²) < 4.78 is 48.1. The van der Waals surface area contributed by atoms with E-state index in [0.717, 1.165) is 23.2 Å². The number of rotatable bonds is 2. The Morgan fingerprint density at radius 1 is 1.07 bits per heavy atom. The highest BCUT2D eigenvalue weighted by molar-refractivity contribution is 6.49. The van der Waals surface area contributed by atoms with Crippen LogP contribution in [0, 0.1) is 0 Å². The Bertz CT molecular complexity index is 1020. The molecule has 0 unspecified atom stereocenters. The Kier molecular flexibility index (Phi) is 4.89. The van der Waals surface area contributed by atoms with Crippen molar-refractivity contribution < 1.29 is 22.7 Å². The highest BCUT2D eigenvalue weighted by atomic mass is 35.5. The van der Waals surface area contributed by atoms with Gasteiger partial charge in [-0.05, 0) is 48.6 Å². The minimum Gasteiger partial charge on any atom is -0.426 e. The van der Waals surface area contributed by atoms with E-state index in [4.69, 9.17) is 44.3 Å². The Morgan fingerprint density at radius 3 is 2.34 bits per heavy atom. The number of nitrogens with zero attached hydrogens (tertiary/aromatic N) is 1. The molecule has 10 heteroatoms. The molecule has 2 heterocycles. The van der Waals surface area contributed by atoms with Crippen LogP contribution in [-0.4, -0.2) is 19.4 Å². The first-order valence-electron chi connectivity index (χ1n) is 8.57. The van der Waals surface area contributed by atoms with E-state index in [0.29, 0.717) is 5.56 Å². The molecule has 29 heavy (non-hydrogen) atoms. The van der Waals surface area contributed by atoms with Gasteiger partial charge in [0.15, 0.2) is 0 Å². The van der Waals surface area contributed by atoms with Crippen molar-refractivity contribution in [3.63, 3.8) is 0 Å². The molecule has 0 spiro atoms. The number of hydrogen-bond acceptors (Lipinski definition) is 3. The standard InChI is InChI=1S/C19H13BCl3F3NO2/c1-17(2)11-5-9(3-4-12(11)20-28-17)15-8-18(29-27-15,19(24,25)26)10-6-13(21)16(23)14(22)7-10/h3-7H,8H2,1-2H3/t18-/m1/s1. The average Bonchev–Trinajstić information content (AvgIpc) is 3.22. The molecule has 0 saturated carbocycles. The van der Waals surface area contributed by atoms with Gasteiger partial charge in [-0.2, -0.15) is 13.2 Å². The second-order valence-electron chi connectivity index (χ2n) is 7.43. The average molecular weight is 461 g/mol. The fourth-order valence-electron chi connectivity index (χ4n) is 3.48. The molecule has 0 aromatic heterocycles. The first kappa shape index (κ1) is 20.9. The van der Waals surface area contributed by atoms with E-state index in [-0.39, 0.29) is 26.3 Å². The van der Waals surface area contributed by atoms with Gasteiger partial charge >= 0.3 is 13.7 Å². The van der Waals surface area contributed by atoms with Crippen LogP contribution in [-0.2, 0) is 20.7 Å². The van der Waals surface area contributed by atoms with Crippen molar-refractivity contribution in [3.8, 4) is 0 Å². The number of oxime groups is 1. The summed E-state index contributed by atoms with van der Waals surface area (Å²) in [5, 5.41) is 3.57. The van der Waals surface area contributed by atoms with Gasteiger partial charge in [0.05, 0.1) is 26.4 Å². The van der Waals surface area contributed by atoms with Crippen LogP contribution in [0.15, 0.2) is 35.5 Å². The third kappa shape index (κ3) is 3.32. The van der Waals surface area contributed by atoms with Gasteiger partial charge in [-0.1, -0.05) is 52.1 Å². The van der Waals surface area contributed by atoms with E-state index in [2.05, 4.69) is 5.16 Å². The molecule has 3 nitrogen and oxygen atoms in total. The van der Waals surface area contributed by atoms with Gasteiger partial charge in [-0.15, -0.1) is 0 Å². The normalized spacial score (nSPS) is 22.7. The van der Waals surface area contributed by atoms with Crippen molar-refractivity contribution in [2.75, 3.05) is 0 Å². The second kappa shape index (κ2) is 6.81. The Hall–Kier alpha value is -1.41. The van der Waals surface area contributed by atoms with Crippen LogP contribution in [0.3, 0.4) is 0 Å². The van der Waals surface area contributed by atoms with E-state index >= 15 is 0 Å². The van der Waals surface area contributed by atoms with E-state index in [1.165, 1.54) is 0 Å². The van der Waals surface area contributed by atoms with Crippen molar-refractivity contribution in [2.24, 2.45) is 5.16 Å². The van der Waals surface area contributed by atoms with Crippen molar-refractivity contribution in [1.29, 1.82) is 0 Å². The Morgan fingerprint density at radius 2 is 1.72 bits per heavy atom. The maximum absolute atomic E-state index is 14.2. The highest BCUT2D eigenvalue weighted by Gasteiger charge is 2.62. The molecule has 2 aliphatic heterocycles. The number of halogens is 6. The first-order chi connectivity index (χ1) is 13.4. The molecule has 0 N–H and O–H groups in total. The van der Waals surface area contributed by atoms with Gasteiger partial charge in [0.2, 0.25) is 0 Å². The van der Waals surface area contributed by atoms with Crippen LogP contribution >= 0.6 is 34.8 Å². The lowest BCUT2D eigenvalue weighted by atomic mass is 9.81. The summed E-state index contributed by atoms with van der Waals surface area (Å²) >= 11 is 17.8. The van der Waals surface area contributed by atoms with Crippen molar-refractivity contribution in [1.82, 2.24) is 0 Å². The van der Waals surface area contributed by atoms with E-state index < -0.39 is 23.8 Å². The number of fused-ring (bicyclic) bond motifs is 1. The van der Waals surface area contributed by atoms with Gasteiger partial charge < -0.3 is 9.49 Å². The lowest BCUT2D eigenvalue weighted by Gasteiger charge is -2.30. The molecule has 4 rings (SSSR count). The molecule has 0 fully saturated rings. The molecule has 1 atom stereocenters. The maximum atomic E-state index is 14.2. The summed E-state index contributed by atoms with van der Waals surface area (Å²) in [7, 11) is 1.63. The van der Waals surface area contributed by atoms with E-state index in [1.54, 1.807) is 25.7 Å². The molecule has 0 saturated heterocycles. The van der Waals surface area contributed by atoms with Crippen LogP contribution in [0.25, 0.3) is 0 Å². The smallest absolute Gasteiger partial charge is 0.426 e. The lowest BCUT2D eigenvalue weighted by Crippen LogP contribution is -2.42. The fourth-order valence-corrected chi connectivity index (χ4v) is 4.08. The summed E-state index contributed by atoms with van der Waals surface area (Å²) in [6.07, 6.45) is -5.31. The van der Waals surface area contributed by atoms with Gasteiger partial charge in [0.25, 0.3) is 5.60 Å². The molecular formula is C19H13BCl3F3NO2. The van der Waals surface area contributed by atoms with Gasteiger partial charge in [-0.3, -0.25) is 0 Å². The molecule has 2 aromatic rings. The van der Waals surface area contributed by atoms with Gasteiger partial charge in [0, 0.05) is 12.0 Å². The second-order valence-corrected chi connectivity index (χ2v) is 8.63. The molecule has 151 valence electrons. The quantitative estimate of drug-likeness (QED) is 0.422. The van der Waals surface area contributed by atoms with Crippen LogP contribution in [0.5, 0.6) is 0 Å². The van der Waals surface area contributed by atoms with Crippen LogP contribution in [0.2, 0.25) is 15.1 Å². The van der Waals surface area contributed by atoms with Crippen molar-refractivity contribution in [2.45, 2.75) is 37.6 Å². The monoisotopic (exact) mass is 460 g/mol. The molecule has 1 radical (unpaired) electrons. The summed E-state index contributed by atoms with van der Waals surface area (Å²) in [4.78, 5) is 5.04.